The molecule has 6 nitrogen and oxygen atoms in total. The van der Waals surface area contributed by atoms with E-state index >= 15 is 0 Å². The molecular weight excluding hydrogens is 244 g/mol. The SMILES string of the molecule is CC(Cn1cccn1)NC(=O)NC(C)C1CCCO1. The minimum atomic E-state index is -0.150. The van der Waals surface area contributed by atoms with Crippen molar-refractivity contribution in [1.29, 1.82) is 0 Å². The Morgan fingerprint density at radius 1 is 1.53 bits per heavy atom. The summed E-state index contributed by atoms with van der Waals surface area (Å²) in [6.07, 6.45) is 5.85. The monoisotopic (exact) mass is 266 g/mol. The molecule has 0 bridgehead atoms. The molecule has 1 fully saturated rings. The molecule has 2 amide bonds. The van der Waals surface area contributed by atoms with Gasteiger partial charge >= 0.3 is 6.03 Å². The van der Waals surface area contributed by atoms with Gasteiger partial charge in [-0.25, -0.2) is 4.79 Å². The van der Waals surface area contributed by atoms with Crippen molar-refractivity contribution in [2.75, 3.05) is 6.61 Å². The average Bonchev–Trinajstić information content (AvgIpc) is 3.00. The van der Waals surface area contributed by atoms with Gasteiger partial charge in [0.1, 0.15) is 0 Å². The van der Waals surface area contributed by atoms with Crippen LogP contribution in [0.1, 0.15) is 26.7 Å². The minimum Gasteiger partial charge on any atom is -0.376 e. The van der Waals surface area contributed by atoms with E-state index in [1.54, 1.807) is 10.9 Å². The summed E-state index contributed by atoms with van der Waals surface area (Å²) >= 11 is 0. The van der Waals surface area contributed by atoms with Crippen molar-refractivity contribution in [1.82, 2.24) is 20.4 Å². The molecule has 19 heavy (non-hydrogen) atoms. The summed E-state index contributed by atoms with van der Waals surface area (Å²) in [4.78, 5) is 11.8. The van der Waals surface area contributed by atoms with Crippen LogP contribution in [0.4, 0.5) is 4.79 Å². The molecule has 1 aliphatic heterocycles. The van der Waals surface area contributed by atoms with Crippen molar-refractivity contribution in [3.8, 4) is 0 Å². The van der Waals surface area contributed by atoms with E-state index in [4.69, 9.17) is 4.74 Å². The molecule has 1 aromatic heterocycles. The highest BCUT2D eigenvalue weighted by Crippen LogP contribution is 2.15. The quantitative estimate of drug-likeness (QED) is 0.839. The van der Waals surface area contributed by atoms with Crippen molar-refractivity contribution in [3.63, 3.8) is 0 Å². The first-order valence-electron chi connectivity index (χ1n) is 6.81. The molecule has 2 heterocycles. The number of nitrogens with one attached hydrogen (secondary N) is 2. The summed E-state index contributed by atoms with van der Waals surface area (Å²) < 4.78 is 7.35. The number of aromatic nitrogens is 2. The zero-order valence-electron chi connectivity index (χ0n) is 11.5. The molecule has 1 aromatic rings. The molecule has 2 N–H and O–H groups in total. The Balaban J connectivity index is 1.71. The van der Waals surface area contributed by atoms with Crippen LogP contribution >= 0.6 is 0 Å². The predicted octanol–water partition coefficient (Wildman–Crippen LogP) is 1.14. The van der Waals surface area contributed by atoms with E-state index in [1.807, 2.05) is 26.1 Å². The number of hydrogen-bond donors (Lipinski definition) is 2. The number of carbonyl (C=O) groups excluding carboxylic acids is 1. The van der Waals surface area contributed by atoms with Crippen LogP contribution in [0.15, 0.2) is 18.5 Å². The van der Waals surface area contributed by atoms with Gasteiger partial charge in [-0.2, -0.15) is 5.10 Å². The number of nitrogens with zero attached hydrogens (tertiary/aromatic N) is 2. The van der Waals surface area contributed by atoms with Gasteiger partial charge in [0.05, 0.1) is 18.7 Å². The topological polar surface area (TPSA) is 68.2 Å². The van der Waals surface area contributed by atoms with Gasteiger partial charge in [-0.3, -0.25) is 4.68 Å². The van der Waals surface area contributed by atoms with Crippen LogP contribution in [-0.4, -0.2) is 40.6 Å². The Morgan fingerprint density at radius 3 is 3.00 bits per heavy atom. The van der Waals surface area contributed by atoms with Crippen LogP contribution in [0.25, 0.3) is 0 Å². The fourth-order valence-corrected chi connectivity index (χ4v) is 2.30. The average molecular weight is 266 g/mol. The third-order valence-corrected chi connectivity index (χ3v) is 3.28. The molecule has 2 rings (SSSR count). The van der Waals surface area contributed by atoms with Crippen molar-refractivity contribution in [2.24, 2.45) is 0 Å². The standard InChI is InChI=1S/C13H22N4O2/c1-10(9-17-7-4-6-14-17)15-13(18)16-11(2)12-5-3-8-19-12/h4,6-7,10-12H,3,5,8-9H2,1-2H3,(H2,15,16,18). The molecule has 0 aliphatic carbocycles. The lowest BCUT2D eigenvalue weighted by Crippen LogP contribution is -2.49. The van der Waals surface area contributed by atoms with Gasteiger partial charge in [-0.05, 0) is 32.8 Å². The molecule has 1 saturated heterocycles. The third-order valence-electron chi connectivity index (χ3n) is 3.28. The fourth-order valence-electron chi connectivity index (χ4n) is 2.30. The van der Waals surface area contributed by atoms with E-state index in [9.17, 15) is 4.79 Å². The second-order valence-electron chi connectivity index (χ2n) is 5.09. The zero-order valence-corrected chi connectivity index (χ0v) is 11.5. The predicted molar refractivity (Wildman–Crippen MR) is 71.8 cm³/mol. The molecule has 0 radical (unpaired) electrons. The van der Waals surface area contributed by atoms with Gasteiger partial charge in [0.2, 0.25) is 0 Å². The van der Waals surface area contributed by atoms with E-state index in [0.29, 0.717) is 6.54 Å². The first-order chi connectivity index (χ1) is 9.15. The lowest BCUT2D eigenvalue weighted by molar-refractivity contribution is 0.0858. The first kappa shape index (κ1) is 13.9. The fraction of sp³-hybridized carbons (Fsp3) is 0.692. The van der Waals surface area contributed by atoms with Crippen molar-refractivity contribution in [3.05, 3.63) is 18.5 Å². The maximum absolute atomic E-state index is 11.8. The van der Waals surface area contributed by atoms with Gasteiger partial charge in [0.15, 0.2) is 0 Å². The normalized spacial score (nSPS) is 21.9. The van der Waals surface area contributed by atoms with Crippen LogP contribution in [0.5, 0.6) is 0 Å². The van der Waals surface area contributed by atoms with Gasteiger partial charge in [-0.1, -0.05) is 0 Å². The van der Waals surface area contributed by atoms with E-state index in [-0.39, 0.29) is 24.2 Å². The van der Waals surface area contributed by atoms with Gasteiger partial charge in [0.25, 0.3) is 0 Å². The van der Waals surface area contributed by atoms with E-state index in [2.05, 4.69) is 15.7 Å². The molecule has 0 spiro atoms. The molecule has 1 aliphatic rings. The molecule has 3 unspecified atom stereocenters. The summed E-state index contributed by atoms with van der Waals surface area (Å²) in [6, 6.07) is 1.78. The Labute approximate surface area is 113 Å². The largest absolute Gasteiger partial charge is 0.376 e. The molecule has 0 aromatic carbocycles. The van der Waals surface area contributed by atoms with E-state index < -0.39 is 0 Å². The molecule has 106 valence electrons. The number of amides is 2. The second-order valence-corrected chi connectivity index (χ2v) is 5.09. The van der Waals surface area contributed by atoms with Crippen LogP contribution in [0, 0.1) is 0 Å². The smallest absolute Gasteiger partial charge is 0.315 e. The lowest BCUT2D eigenvalue weighted by Gasteiger charge is -2.22. The van der Waals surface area contributed by atoms with Crippen LogP contribution in [0.2, 0.25) is 0 Å². The summed E-state index contributed by atoms with van der Waals surface area (Å²) in [5, 5.41) is 9.95. The van der Waals surface area contributed by atoms with Crippen molar-refractivity contribution < 1.29 is 9.53 Å². The maximum Gasteiger partial charge on any atom is 0.315 e. The van der Waals surface area contributed by atoms with Gasteiger partial charge in [-0.15, -0.1) is 0 Å². The number of carbonyl (C=O) groups is 1. The highest BCUT2D eigenvalue weighted by atomic mass is 16.5. The lowest BCUT2D eigenvalue weighted by atomic mass is 10.1. The number of ether oxygens (including phenoxy) is 1. The van der Waals surface area contributed by atoms with Crippen molar-refractivity contribution >= 4 is 6.03 Å². The summed E-state index contributed by atoms with van der Waals surface area (Å²) in [7, 11) is 0. The number of rotatable bonds is 5. The number of urea groups is 1. The van der Waals surface area contributed by atoms with E-state index in [1.165, 1.54) is 0 Å². The van der Waals surface area contributed by atoms with E-state index in [0.717, 1.165) is 19.4 Å². The Bertz CT molecular complexity index is 387. The maximum atomic E-state index is 11.8. The number of hydrogen-bond acceptors (Lipinski definition) is 3. The van der Waals surface area contributed by atoms with Crippen LogP contribution < -0.4 is 10.6 Å². The van der Waals surface area contributed by atoms with Crippen LogP contribution in [-0.2, 0) is 11.3 Å². The Morgan fingerprint density at radius 2 is 2.37 bits per heavy atom. The van der Waals surface area contributed by atoms with Crippen LogP contribution in [0.3, 0.4) is 0 Å². The molecule has 0 saturated carbocycles. The first-order valence-corrected chi connectivity index (χ1v) is 6.81. The van der Waals surface area contributed by atoms with Gasteiger partial charge < -0.3 is 15.4 Å². The highest BCUT2D eigenvalue weighted by molar-refractivity contribution is 5.74. The highest BCUT2D eigenvalue weighted by Gasteiger charge is 2.23. The van der Waals surface area contributed by atoms with Crippen molar-refractivity contribution in [2.45, 2.75) is 51.4 Å². The summed E-state index contributed by atoms with van der Waals surface area (Å²) in [6.45, 7) is 5.40. The molecular formula is C13H22N4O2. The summed E-state index contributed by atoms with van der Waals surface area (Å²) in [5.74, 6) is 0. The minimum absolute atomic E-state index is 0.0246. The molecule has 6 heteroatoms. The van der Waals surface area contributed by atoms with Gasteiger partial charge in [0, 0.05) is 25.0 Å². The Hall–Kier alpha value is -1.56. The Kier molecular flexibility index (Phi) is 4.79. The molecule has 3 atom stereocenters. The zero-order chi connectivity index (χ0) is 13.7. The second kappa shape index (κ2) is 6.56. The third kappa shape index (κ3) is 4.24. The summed E-state index contributed by atoms with van der Waals surface area (Å²) in [5.41, 5.74) is 0.